The van der Waals surface area contributed by atoms with Crippen LogP contribution in [0.2, 0.25) is 0 Å². The van der Waals surface area contributed by atoms with E-state index < -0.39 is 58.7 Å². The predicted octanol–water partition coefficient (Wildman–Crippen LogP) is 5.89. The maximum atomic E-state index is 15.7. The summed E-state index contributed by atoms with van der Waals surface area (Å²) >= 11 is 0. The summed E-state index contributed by atoms with van der Waals surface area (Å²) in [5.74, 6) is -3.02. The molecule has 4 rings (SSSR count). The third kappa shape index (κ3) is 7.59. The van der Waals surface area contributed by atoms with Gasteiger partial charge in [0.1, 0.15) is 11.6 Å². The second-order valence-electron chi connectivity index (χ2n) is 11.2. The number of benzene rings is 3. The molecule has 0 aliphatic carbocycles. The molecule has 48 heavy (non-hydrogen) atoms. The van der Waals surface area contributed by atoms with Gasteiger partial charge in [-0.15, -0.1) is 0 Å². The molecule has 0 radical (unpaired) electrons. The van der Waals surface area contributed by atoms with E-state index in [1.54, 1.807) is 43.3 Å². The molecule has 256 valence electrons. The highest BCUT2D eigenvalue weighted by Crippen LogP contribution is 2.35. The molecule has 1 heterocycles. The molecule has 14 heteroatoms. The Kier molecular flexibility index (Phi) is 11.1. The van der Waals surface area contributed by atoms with Crippen LogP contribution in [0, 0.1) is 18.6 Å². The van der Waals surface area contributed by atoms with E-state index in [4.69, 9.17) is 14.6 Å². The Bertz CT molecular complexity index is 1920. The highest BCUT2D eigenvalue weighted by Gasteiger charge is 2.35. The zero-order valence-electron chi connectivity index (χ0n) is 26.6. The summed E-state index contributed by atoms with van der Waals surface area (Å²) in [6.07, 6.45) is -4.88. The van der Waals surface area contributed by atoms with Crippen LogP contribution in [0.4, 0.5) is 22.0 Å². The summed E-state index contributed by atoms with van der Waals surface area (Å²) in [7, 11) is 4.55. The van der Waals surface area contributed by atoms with Crippen molar-refractivity contribution in [3.8, 4) is 22.6 Å². The number of carboxylic acids is 1. The number of aliphatic carboxylic acids is 1. The van der Waals surface area contributed by atoms with Crippen LogP contribution in [0.1, 0.15) is 41.3 Å². The lowest BCUT2D eigenvalue weighted by atomic mass is 10.0. The molecule has 0 aliphatic heterocycles. The summed E-state index contributed by atoms with van der Waals surface area (Å²) < 4.78 is 85.2. The lowest BCUT2D eigenvalue weighted by Crippen LogP contribution is -2.45. The third-order valence-corrected chi connectivity index (χ3v) is 7.93. The van der Waals surface area contributed by atoms with Gasteiger partial charge in [-0.2, -0.15) is 13.2 Å². The minimum Gasteiger partial charge on any atom is -0.494 e. The summed E-state index contributed by atoms with van der Waals surface area (Å²) in [6.45, 7) is 0.0484. The van der Waals surface area contributed by atoms with Gasteiger partial charge in [-0.1, -0.05) is 36.4 Å². The van der Waals surface area contributed by atoms with Crippen molar-refractivity contribution in [1.29, 1.82) is 0 Å². The summed E-state index contributed by atoms with van der Waals surface area (Å²) in [5, 5.41) is 8.97. The lowest BCUT2D eigenvalue weighted by molar-refractivity contribution is -0.139. The molecule has 0 saturated heterocycles. The number of ether oxygens (including phenoxy) is 2. The Labute approximate surface area is 272 Å². The topological polar surface area (TPSA) is 103 Å². The van der Waals surface area contributed by atoms with Gasteiger partial charge in [0.2, 0.25) is 0 Å². The van der Waals surface area contributed by atoms with Crippen molar-refractivity contribution in [2.45, 2.75) is 45.1 Å². The third-order valence-electron chi connectivity index (χ3n) is 7.93. The average molecular weight is 676 g/mol. The quantitative estimate of drug-likeness (QED) is 0.139. The average Bonchev–Trinajstić information content (AvgIpc) is 3.02. The SMILES string of the molecule is COc1cccc(-c2c(C)n(Cc3c(F)cccc3C(F)(F)F)c(=O)n(CC(c3ccccc3OCCCC(=O)O)N(C)C)c2=O)c1F. The number of aromatic nitrogens is 2. The first kappa shape index (κ1) is 35.9. The van der Waals surface area contributed by atoms with E-state index in [1.165, 1.54) is 32.2 Å². The van der Waals surface area contributed by atoms with Gasteiger partial charge >= 0.3 is 17.8 Å². The molecular weight excluding hydrogens is 641 g/mol. The number of carboxylic acid groups (broad SMARTS) is 1. The minimum absolute atomic E-state index is 0.0597. The standard InChI is InChI=1S/C34H34F5N3O6/c1-20-30(22-11-7-15-28(47-4)31(22)36)32(45)42(33(46)41(20)18-23-24(34(37,38)39)12-8-13-25(23)35)19-26(40(2)3)21-10-5-6-14-27(21)48-17-9-16-29(43)44/h5-8,10-15,26H,9,16-19H2,1-4H3,(H,43,44). The van der Waals surface area contributed by atoms with Gasteiger partial charge in [-0.05, 0) is 51.7 Å². The molecule has 1 aromatic heterocycles. The first-order chi connectivity index (χ1) is 22.7. The van der Waals surface area contributed by atoms with E-state index >= 15 is 8.78 Å². The van der Waals surface area contributed by atoms with Gasteiger partial charge < -0.3 is 19.5 Å². The molecule has 1 atom stereocenters. The largest absolute Gasteiger partial charge is 0.494 e. The van der Waals surface area contributed by atoms with Crippen LogP contribution in [0.3, 0.4) is 0 Å². The molecule has 0 spiro atoms. The van der Waals surface area contributed by atoms with Crippen LogP contribution in [0.15, 0.2) is 70.3 Å². The van der Waals surface area contributed by atoms with E-state index in [9.17, 15) is 27.6 Å². The van der Waals surface area contributed by atoms with E-state index in [0.29, 0.717) is 17.4 Å². The summed E-state index contributed by atoms with van der Waals surface area (Å²) in [6, 6.07) is 12.4. The van der Waals surface area contributed by atoms with E-state index in [1.807, 2.05) is 0 Å². The first-order valence-electron chi connectivity index (χ1n) is 14.8. The summed E-state index contributed by atoms with van der Waals surface area (Å²) in [5.41, 5.74) is -4.39. The summed E-state index contributed by atoms with van der Waals surface area (Å²) in [4.78, 5) is 40.9. The molecule has 0 amide bonds. The highest BCUT2D eigenvalue weighted by atomic mass is 19.4. The van der Waals surface area contributed by atoms with Crippen molar-refractivity contribution in [3.05, 3.63) is 116 Å². The van der Waals surface area contributed by atoms with E-state index in [2.05, 4.69) is 0 Å². The van der Waals surface area contributed by atoms with Gasteiger partial charge in [0, 0.05) is 28.8 Å². The molecule has 1 unspecified atom stereocenters. The van der Waals surface area contributed by atoms with Gasteiger partial charge in [-0.25, -0.2) is 13.6 Å². The Morgan fingerprint density at radius 2 is 1.62 bits per heavy atom. The normalized spacial score (nSPS) is 12.3. The Morgan fingerprint density at radius 3 is 2.27 bits per heavy atom. The fourth-order valence-electron chi connectivity index (χ4n) is 5.47. The fraction of sp³-hybridized carbons (Fsp3) is 0.324. The van der Waals surface area contributed by atoms with Crippen molar-refractivity contribution in [2.24, 2.45) is 0 Å². The van der Waals surface area contributed by atoms with Crippen molar-refractivity contribution in [2.75, 3.05) is 27.8 Å². The lowest BCUT2D eigenvalue weighted by Gasteiger charge is -2.28. The van der Waals surface area contributed by atoms with E-state index in [-0.39, 0.29) is 48.6 Å². The number of hydrogen-bond acceptors (Lipinski definition) is 6. The van der Waals surface area contributed by atoms with Crippen molar-refractivity contribution < 1.29 is 41.3 Å². The van der Waals surface area contributed by atoms with Crippen LogP contribution in [-0.4, -0.2) is 52.9 Å². The van der Waals surface area contributed by atoms with Crippen molar-refractivity contribution in [3.63, 3.8) is 0 Å². The number of para-hydroxylation sites is 1. The smallest absolute Gasteiger partial charge is 0.416 e. The molecule has 0 fully saturated rings. The Morgan fingerprint density at radius 1 is 0.958 bits per heavy atom. The van der Waals surface area contributed by atoms with Crippen LogP contribution in [0.25, 0.3) is 11.1 Å². The molecule has 1 N–H and O–H groups in total. The Hall–Kier alpha value is -4.98. The molecular formula is C34H34F5N3O6. The molecule has 3 aromatic carbocycles. The Balaban J connectivity index is 1.95. The zero-order valence-corrected chi connectivity index (χ0v) is 26.6. The van der Waals surface area contributed by atoms with Gasteiger partial charge in [0.25, 0.3) is 5.56 Å². The molecule has 0 bridgehead atoms. The maximum Gasteiger partial charge on any atom is 0.416 e. The second-order valence-corrected chi connectivity index (χ2v) is 11.2. The van der Waals surface area contributed by atoms with Crippen LogP contribution in [0.5, 0.6) is 11.5 Å². The highest BCUT2D eigenvalue weighted by molar-refractivity contribution is 5.68. The minimum atomic E-state index is -4.96. The van der Waals surface area contributed by atoms with Crippen LogP contribution < -0.4 is 20.7 Å². The maximum absolute atomic E-state index is 15.7. The van der Waals surface area contributed by atoms with Gasteiger partial charge in [0.05, 0.1) is 44.0 Å². The number of methoxy groups -OCH3 is 1. The van der Waals surface area contributed by atoms with Crippen molar-refractivity contribution in [1.82, 2.24) is 14.0 Å². The van der Waals surface area contributed by atoms with Gasteiger partial charge in [-0.3, -0.25) is 18.7 Å². The number of hydrogen-bond donors (Lipinski definition) is 1. The molecule has 4 aromatic rings. The fourth-order valence-corrected chi connectivity index (χ4v) is 5.47. The predicted molar refractivity (Wildman–Crippen MR) is 167 cm³/mol. The number of alkyl halides is 3. The van der Waals surface area contributed by atoms with Crippen LogP contribution >= 0.6 is 0 Å². The second kappa shape index (κ2) is 14.8. The first-order valence-corrected chi connectivity index (χ1v) is 14.8. The van der Waals surface area contributed by atoms with Gasteiger partial charge in [0.15, 0.2) is 11.6 Å². The molecule has 9 nitrogen and oxygen atoms in total. The number of halogens is 5. The number of rotatable bonds is 13. The molecule has 0 aliphatic rings. The number of carbonyl (C=O) groups is 1. The zero-order chi connectivity index (χ0) is 35.3. The van der Waals surface area contributed by atoms with Crippen molar-refractivity contribution >= 4 is 5.97 Å². The number of nitrogens with zero attached hydrogens (tertiary/aromatic N) is 3. The molecule has 0 saturated carbocycles. The number of likely N-dealkylation sites (N-methyl/N-ethyl adjacent to an activating group) is 1. The van der Waals surface area contributed by atoms with E-state index in [0.717, 1.165) is 21.3 Å². The van der Waals surface area contributed by atoms with Crippen LogP contribution in [-0.2, 0) is 24.1 Å². The monoisotopic (exact) mass is 675 g/mol.